The van der Waals surface area contributed by atoms with Crippen LogP contribution in [0.1, 0.15) is 41.7 Å². The Kier molecular flexibility index (Phi) is 5.44. The first-order valence-corrected chi connectivity index (χ1v) is 9.18. The molecule has 23 heavy (non-hydrogen) atoms. The molecule has 122 valence electrons. The SMILES string of the molecule is CCC[C@H](NC(=O)c1ccncc1)c1ccc(S(C)(=O)=O)nc1. The fraction of sp³-hybridized carbons (Fsp3) is 0.312. The molecule has 0 fully saturated rings. The first kappa shape index (κ1) is 17.1. The molecule has 0 unspecified atom stereocenters. The van der Waals surface area contributed by atoms with Crippen molar-refractivity contribution in [3.8, 4) is 0 Å². The van der Waals surface area contributed by atoms with E-state index in [1.165, 1.54) is 12.3 Å². The van der Waals surface area contributed by atoms with Crippen LogP contribution in [-0.4, -0.2) is 30.5 Å². The summed E-state index contributed by atoms with van der Waals surface area (Å²) < 4.78 is 22.9. The van der Waals surface area contributed by atoms with Gasteiger partial charge in [-0.05, 0) is 30.2 Å². The van der Waals surface area contributed by atoms with Crippen molar-refractivity contribution < 1.29 is 13.2 Å². The van der Waals surface area contributed by atoms with E-state index in [4.69, 9.17) is 0 Å². The van der Waals surface area contributed by atoms with Crippen LogP contribution in [-0.2, 0) is 9.84 Å². The van der Waals surface area contributed by atoms with Crippen molar-refractivity contribution in [3.05, 3.63) is 54.0 Å². The predicted octanol–water partition coefficient (Wildman–Crippen LogP) is 2.15. The molecule has 1 N–H and O–H groups in total. The van der Waals surface area contributed by atoms with Crippen molar-refractivity contribution in [3.63, 3.8) is 0 Å². The molecule has 0 aliphatic heterocycles. The average molecular weight is 333 g/mol. The number of hydrogen-bond donors (Lipinski definition) is 1. The van der Waals surface area contributed by atoms with Gasteiger partial charge in [0.1, 0.15) is 0 Å². The lowest BCUT2D eigenvalue weighted by atomic mass is 10.0. The van der Waals surface area contributed by atoms with Crippen molar-refractivity contribution in [1.82, 2.24) is 15.3 Å². The molecular weight excluding hydrogens is 314 g/mol. The van der Waals surface area contributed by atoms with E-state index in [0.717, 1.165) is 24.7 Å². The molecule has 2 rings (SSSR count). The molecular formula is C16H19N3O3S. The van der Waals surface area contributed by atoms with Crippen LogP contribution >= 0.6 is 0 Å². The van der Waals surface area contributed by atoms with Gasteiger partial charge in [0.15, 0.2) is 14.9 Å². The zero-order chi connectivity index (χ0) is 16.9. The molecule has 1 atom stereocenters. The molecule has 0 aliphatic rings. The molecule has 2 aromatic rings. The van der Waals surface area contributed by atoms with Gasteiger partial charge in [-0.25, -0.2) is 13.4 Å². The van der Waals surface area contributed by atoms with Crippen molar-refractivity contribution >= 4 is 15.7 Å². The molecule has 0 bridgehead atoms. The predicted molar refractivity (Wildman–Crippen MR) is 86.7 cm³/mol. The van der Waals surface area contributed by atoms with Crippen LogP contribution in [0.4, 0.5) is 0 Å². The molecule has 0 saturated carbocycles. The number of carbonyl (C=O) groups excluding carboxylic acids is 1. The number of rotatable bonds is 6. The van der Waals surface area contributed by atoms with Crippen molar-refractivity contribution in [2.45, 2.75) is 30.8 Å². The van der Waals surface area contributed by atoms with E-state index >= 15 is 0 Å². The summed E-state index contributed by atoms with van der Waals surface area (Å²) >= 11 is 0. The highest BCUT2D eigenvalue weighted by Crippen LogP contribution is 2.19. The van der Waals surface area contributed by atoms with Crippen LogP contribution in [0, 0.1) is 0 Å². The highest BCUT2D eigenvalue weighted by Gasteiger charge is 2.17. The number of carbonyl (C=O) groups is 1. The molecule has 2 aromatic heterocycles. The minimum Gasteiger partial charge on any atom is -0.345 e. The lowest BCUT2D eigenvalue weighted by Gasteiger charge is -2.18. The molecule has 6 nitrogen and oxygen atoms in total. The Morgan fingerprint density at radius 1 is 1.22 bits per heavy atom. The second-order valence-electron chi connectivity index (χ2n) is 5.25. The number of nitrogens with zero attached hydrogens (tertiary/aromatic N) is 2. The summed E-state index contributed by atoms with van der Waals surface area (Å²) in [7, 11) is -3.33. The number of nitrogens with one attached hydrogen (secondary N) is 1. The number of amides is 1. The molecule has 0 radical (unpaired) electrons. The number of sulfone groups is 1. The van der Waals surface area contributed by atoms with E-state index in [1.807, 2.05) is 6.92 Å². The van der Waals surface area contributed by atoms with Crippen molar-refractivity contribution in [1.29, 1.82) is 0 Å². The minimum atomic E-state index is -3.33. The van der Waals surface area contributed by atoms with Crippen molar-refractivity contribution in [2.75, 3.05) is 6.26 Å². The van der Waals surface area contributed by atoms with E-state index in [2.05, 4.69) is 15.3 Å². The Morgan fingerprint density at radius 2 is 1.91 bits per heavy atom. The van der Waals surface area contributed by atoms with Gasteiger partial charge in [0, 0.05) is 30.4 Å². The summed E-state index contributed by atoms with van der Waals surface area (Å²) in [6, 6.07) is 6.22. The highest BCUT2D eigenvalue weighted by atomic mass is 32.2. The van der Waals surface area contributed by atoms with Crippen LogP contribution in [0.3, 0.4) is 0 Å². The van der Waals surface area contributed by atoms with Crippen molar-refractivity contribution in [2.24, 2.45) is 0 Å². The number of hydrogen-bond acceptors (Lipinski definition) is 5. The Balaban J connectivity index is 2.20. The summed E-state index contributed by atoms with van der Waals surface area (Å²) in [5.41, 5.74) is 1.31. The van der Waals surface area contributed by atoms with Gasteiger partial charge < -0.3 is 5.32 Å². The maximum Gasteiger partial charge on any atom is 0.251 e. The van der Waals surface area contributed by atoms with Crippen LogP contribution in [0.5, 0.6) is 0 Å². The first-order chi connectivity index (χ1) is 10.9. The third-order valence-electron chi connectivity index (χ3n) is 3.37. The van der Waals surface area contributed by atoms with Crippen LogP contribution in [0.15, 0.2) is 47.9 Å². The molecule has 0 aromatic carbocycles. The molecule has 0 spiro atoms. The summed E-state index contributed by atoms with van der Waals surface area (Å²) in [6.07, 6.45) is 7.34. The summed E-state index contributed by atoms with van der Waals surface area (Å²) in [6.45, 7) is 2.02. The Labute approximate surface area is 135 Å². The smallest absolute Gasteiger partial charge is 0.251 e. The van der Waals surface area contributed by atoms with Gasteiger partial charge in [0.2, 0.25) is 0 Å². The molecule has 2 heterocycles. The van der Waals surface area contributed by atoms with E-state index < -0.39 is 9.84 Å². The molecule has 0 aliphatic carbocycles. The maximum atomic E-state index is 12.3. The second-order valence-corrected chi connectivity index (χ2v) is 7.22. The van der Waals surface area contributed by atoms with Gasteiger partial charge in [0.05, 0.1) is 6.04 Å². The number of aromatic nitrogens is 2. The van der Waals surface area contributed by atoms with Gasteiger partial charge in [0.25, 0.3) is 5.91 Å². The van der Waals surface area contributed by atoms with E-state index in [1.54, 1.807) is 30.6 Å². The van der Waals surface area contributed by atoms with Gasteiger partial charge in [-0.2, -0.15) is 0 Å². The second kappa shape index (κ2) is 7.32. The van der Waals surface area contributed by atoms with Crippen LogP contribution in [0.2, 0.25) is 0 Å². The Hall–Kier alpha value is -2.28. The van der Waals surface area contributed by atoms with Gasteiger partial charge in [-0.3, -0.25) is 9.78 Å². The zero-order valence-corrected chi connectivity index (χ0v) is 13.9. The minimum absolute atomic E-state index is 0.0250. The summed E-state index contributed by atoms with van der Waals surface area (Å²) in [5.74, 6) is -0.196. The van der Waals surface area contributed by atoms with Crippen LogP contribution in [0.25, 0.3) is 0 Å². The third-order valence-corrected chi connectivity index (χ3v) is 4.37. The van der Waals surface area contributed by atoms with E-state index in [0.29, 0.717) is 5.56 Å². The first-order valence-electron chi connectivity index (χ1n) is 7.28. The van der Waals surface area contributed by atoms with Gasteiger partial charge >= 0.3 is 0 Å². The summed E-state index contributed by atoms with van der Waals surface area (Å²) in [5, 5.41) is 2.98. The average Bonchev–Trinajstić information content (AvgIpc) is 2.54. The topological polar surface area (TPSA) is 89.0 Å². The quantitative estimate of drug-likeness (QED) is 0.875. The molecule has 0 saturated heterocycles. The Bertz CT molecular complexity index is 759. The lowest BCUT2D eigenvalue weighted by molar-refractivity contribution is 0.0934. The summed E-state index contributed by atoms with van der Waals surface area (Å²) in [4.78, 5) is 20.1. The lowest BCUT2D eigenvalue weighted by Crippen LogP contribution is -2.28. The van der Waals surface area contributed by atoms with Gasteiger partial charge in [-0.15, -0.1) is 0 Å². The maximum absolute atomic E-state index is 12.3. The fourth-order valence-electron chi connectivity index (χ4n) is 2.17. The molecule has 1 amide bonds. The third kappa shape index (κ3) is 4.59. The van der Waals surface area contributed by atoms with E-state index in [9.17, 15) is 13.2 Å². The largest absolute Gasteiger partial charge is 0.345 e. The van der Waals surface area contributed by atoms with Gasteiger partial charge in [-0.1, -0.05) is 19.4 Å². The van der Waals surface area contributed by atoms with Crippen LogP contribution < -0.4 is 5.32 Å². The fourth-order valence-corrected chi connectivity index (χ4v) is 2.73. The van der Waals surface area contributed by atoms with E-state index in [-0.39, 0.29) is 17.0 Å². The normalized spacial score (nSPS) is 12.6. The standard InChI is InChI=1S/C16H19N3O3S/c1-3-4-14(19-16(20)12-7-9-17-10-8-12)13-5-6-15(18-11-13)23(2,21)22/h5-11,14H,3-4H2,1-2H3,(H,19,20)/t14-/m0/s1. The molecule has 7 heteroatoms. The monoisotopic (exact) mass is 333 g/mol. The number of pyridine rings is 2. The highest BCUT2D eigenvalue weighted by molar-refractivity contribution is 7.90. The zero-order valence-electron chi connectivity index (χ0n) is 13.1. The Morgan fingerprint density at radius 3 is 2.43 bits per heavy atom.